The van der Waals surface area contributed by atoms with E-state index in [4.69, 9.17) is 9.72 Å². The maximum atomic E-state index is 6.46. The number of aryl methyl sites for hydroxylation is 1. The maximum Gasteiger partial charge on any atom is 0.247 e. The van der Waals surface area contributed by atoms with Crippen LogP contribution in [0.2, 0.25) is 0 Å². The quantitative estimate of drug-likeness (QED) is 0.323. The normalized spacial score (nSPS) is 14.9. The minimum atomic E-state index is -0.406. The molecule has 3 aromatic carbocycles. The van der Waals surface area contributed by atoms with Crippen molar-refractivity contribution in [1.82, 2.24) is 19.7 Å². The van der Waals surface area contributed by atoms with Crippen molar-refractivity contribution in [2.45, 2.75) is 31.8 Å². The SMILES string of the molecule is CCSc1nnc2c(n1)OC(c1ccc3c(c1)c1ccccc1n3CC)Nc1ccccc1-2. The largest absolute Gasteiger partial charge is 0.448 e. The lowest BCUT2D eigenvalue weighted by Gasteiger charge is -2.19. The summed E-state index contributed by atoms with van der Waals surface area (Å²) in [5.74, 6) is 1.37. The van der Waals surface area contributed by atoms with Gasteiger partial charge in [-0.2, -0.15) is 4.98 Å². The molecule has 1 atom stereocenters. The van der Waals surface area contributed by atoms with E-state index in [0.717, 1.165) is 29.1 Å². The molecule has 0 bridgehead atoms. The molecule has 3 heterocycles. The molecule has 1 N–H and O–H groups in total. The van der Waals surface area contributed by atoms with Gasteiger partial charge in [-0.1, -0.05) is 61.2 Å². The number of benzene rings is 3. The lowest BCUT2D eigenvalue weighted by molar-refractivity contribution is 0.225. The fourth-order valence-corrected chi connectivity index (χ4v) is 5.07. The van der Waals surface area contributed by atoms with Gasteiger partial charge in [0.1, 0.15) is 0 Å². The van der Waals surface area contributed by atoms with Crippen molar-refractivity contribution < 1.29 is 4.74 Å². The summed E-state index contributed by atoms with van der Waals surface area (Å²) in [4.78, 5) is 4.69. The molecule has 2 aromatic heterocycles. The molecule has 33 heavy (non-hydrogen) atoms. The number of nitrogens with zero attached hydrogens (tertiary/aromatic N) is 4. The number of para-hydroxylation sites is 2. The van der Waals surface area contributed by atoms with Crippen LogP contribution in [0.25, 0.3) is 33.1 Å². The first-order valence-electron chi connectivity index (χ1n) is 11.2. The molecule has 0 amide bonds. The van der Waals surface area contributed by atoms with Crippen LogP contribution in [0.1, 0.15) is 25.6 Å². The van der Waals surface area contributed by atoms with Gasteiger partial charge >= 0.3 is 0 Å². The molecule has 1 unspecified atom stereocenters. The molecule has 6 nitrogen and oxygen atoms in total. The third-order valence-corrected chi connectivity index (χ3v) is 6.74. The van der Waals surface area contributed by atoms with Gasteiger partial charge in [0.25, 0.3) is 0 Å². The molecule has 0 saturated heterocycles. The van der Waals surface area contributed by atoms with E-state index in [1.165, 1.54) is 21.8 Å². The third-order valence-electron chi connectivity index (χ3n) is 6.02. The zero-order valence-corrected chi connectivity index (χ0v) is 19.3. The number of rotatable bonds is 4. The van der Waals surface area contributed by atoms with Crippen molar-refractivity contribution in [1.29, 1.82) is 0 Å². The summed E-state index contributed by atoms with van der Waals surface area (Å²) in [6, 6.07) is 23.2. The van der Waals surface area contributed by atoms with Crippen LogP contribution in [0.3, 0.4) is 0 Å². The molecule has 0 radical (unpaired) electrons. The van der Waals surface area contributed by atoms with Crippen LogP contribution in [0.15, 0.2) is 71.9 Å². The maximum absolute atomic E-state index is 6.46. The Labute approximate surface area is 196 Å². The molecule has 5 aromatic rings. The van der Waals surface area contributed by atoms with Gasteiger partial charge in [0.2, 0.25) is 11.0 Å². The smallest absolute Gasteiger partial charge is 0.247 e. The standard InChI is InChI=1S/C26H23N5OS/c1-3-31-21-12-8-6-9-17(21)19-15-16(13-14-22(19)31)24-27-20-11-7-5-10-18(20)23-25(32-24)28-26(30-29-23)33-4-2/h5-15,24,27H,3-4H2,1-2H3. The van der Waals surface area contributed by atoms with Crippen LogP contribution in [0, 0.1) is 0 Å². The Balaban J connectivity index is 1.51. The number of ether oxygens (including phenoxy) is 1. The summed E-state index contributed by atoms with van der Waals surface area (Å²) >= 11 is 1.55. The second-order valence-electron chi connectivity index (χ2n) is 7.91. The highest BCUT2D eigenvalue weighted by Crippen LogP contribution is 2.40. The lowest BCUT2D eigenvalue weighted by Crippen LogP contribution is -2.17. The van der Waals surface area contributed by atoms with Gasteiger partial charge in [0.15, 0.2) is 11.9 Å². The van der Waals surface area contributed by atoms with E-state index in [1.54, 1.807) is 11.8 Å². The van der Waals surface area contributed by atoms with E-state index in [0.29, 0.717) is 16.7 Å². The van der Waals surface area contributed by atoms with Crippen molar-refractivity contribution in [2.75, 3.05) is 11.1 Å². The van der Waals surface area contributed by atoms with Gasteiger partial charge < -0.3 is 14.6 Å². The Hall–Kier alpha value is -3.58. The topological polar surface area (TPSA) is 64.9 Å². The van der Waals surface area contributed by atoms with Gasteiger partial charge in [-0.05, 0) is 36.9 Å². The van der Waals surface area contributed by atoms with E-state index in [9.17, 15) is 0 Å². The fourth-order valence-electron chi connectivity index (χ4n) is 4.56. The van der Waals surface area contributed by atoms with Crippen LogP contribution in [-0.4, -0.2) is 25.5 Å². The monoisotopic (exact) mass is 453 g/mol. The first-order valence-corrected chi connectivity index (χ1v) is 12.2. The first-order chi connectivity index (χ1) is 16.3. The molecule has 7 heteroatoms. The van der Waals surface area contributed by atoms with Crippen LogP contribution in [0.4, 0.5) is 5.69 Å². The molecule has 6 rings (SSSR count). The molecule has 0 fully saturated rings. The van der Waals surface area contributed by atoms with Crippen LogP contribution in [-0.2, 0) is 6.54 Å². The highest BCUT2D eigenvalue weighted by Gasteiger charge is 2.26. The van der Waals surface area contributed by atoms with Gasteiger partial charge in [-0.15, -0.1) is 10.2 Å². The Bertz CT molecular complexity index is 1500. The molecule has 1 aliphatic heterocycles. The van der Waals surface area contributed by atoms with E-state index in [-0.39, 0.29) is 0 Å². The Kier molecular flexibility index (Phi) is 4.91. The Morgan fingerprint density at radius 2 is 1.76 bits per heavy atom. The van der Waals surface area contributed by atoms with Crippen molar-refractivity contribution in [2.24, 2.45) is 0 Å². The number of hydrogen-bond acceptors (Lipinski definition) is 6. The van der Waals surface area contributed by atoms with E-state index in [2.05, 4.69) is 76.4 Å². The second-order valence-corrected chi connectivity index (χ2v) is 9.14. The minimum absolute atomic E-state index is 0.406. The average Bonchev–Trinajstić information content (AvgIpc) is 3.07. The Morgan fingerprint density at radius 1 is 0.939 bits per heavy atom. The van der Waals surface area contributed by atoms with E-state index < -0.39 is 6.23 Å². The van der Waals surface area contributed by atoms with Crippen LogP contribution < -0.4 is 10.1 Å². The highest BCUT2D eigenvalue weighted by atomic mass is 32.2. The molecular weight excluding hydrogens is 430 g/mol. The van der Waals surface area contributed by atoms with E-state index >= 15 is 0 Å². The average molecular weight is 454 g/mol. The molecular formula is C26H23N5OS. The number of hydrogen-bond donors (Lipinski definition) is 1. The highest BCUT2D eigenvalue weighted by molar-refractivity contribution is 7.99. The third kappa shape index (κ3) is 3.31. The zero-order valence-electron chi connectivity index (χ0n) is 18.4. The zero-order chi connectivity index (χ0) is 22.4. The number of thioether (sulfide) groups is 1. The summed E-state index contributed by atoms with van der Waals surface area (Å²) < 4.78 is 8.81. The fraction of sp³-hybridized carbons (Fsp3) is 0.192. The van der Waals surface area contributed by atoms with Crippen molar-refractivity contribution >= 4 is 39.3 Å². The van der Waals surface area contributed by atoms with Crippen molar-refractivity contribution in [3.05, 3.63) is 72.3 Å². The van der Waals surface area contributed by atoms with Gasteiger partial charge in [0, 0.05) is 45.2 Å². The van der Waals surface area contributed by atoms with Crippen LogP contribution >= 0.6 is 11.8 Å². The summed E-state index contributed by atoms with van der Waals surface area (Å²) in [6.07, 6.45) is -0.406. The second kappa shape index (κ2) is 8.08. The van der Waals surface area contributed by atoms with Crippen LogP contribution in [0.5, 0.6) is 5.88 Å². The summed E-state index contributed by atoms with van der Waals surface area (Å²) in [7, 11) is 0. The molecule has 0 saturated carbocycles. The lowest BCUT2D eigenvalue weighted by atomic mass is 10.1. The van der Waals surface area contributed by atoms with E-state index in [1.807, 2.05) is 24.3 Å². The van der Waals surface area contributed by atoms with Gasteiger partial charge in [-0.3, -0.25) is 0 Å². The van der Waals surface area contributed by atoms with Gasteiger partial charge in [-0.25, -0.2) is 0 Å². The van der Waals surface area contributed by atoms with Gasteiger partial charge in [0.05, 0.1) is 0 Å². The van der Waals surface area contributed by atoms with Crippen molar-refractivity contribution in [3.63, 3.8) is 0 Å². The number of aromatic nitrogens is 4. The molecule has 164 valence electrons. The molecule has 1 aliphatic rings. The summed E-state index contributed by atoms with van der Waals surface area (Å²) in [5, 5.41) is 15.4. The number of fused-ring (bicyclic) bond motifs is 6. The van der Waals surface area contributed by atoms with Crippen molar-refractivity contribution in [3.8, 4) is 17.1 Å². The summed E-state index contributed by atoms with van der Waals surface area (Å²) in [6.45, 7) is 5.17. The molecule has 0 spiro atoms. The first kappa shape index (κ1) is 20.1. The predicted octanol–water partition coefficient (Wildman–Crippen LogP) is 6.28. The summed E-state index contributed by atoms with van der Waals surface area (Å²) in [5.41, 5.74) is 6.05. The molecule has 0 aliphatic carbocycles. The predicted molar refractivity (Wildman–Crippen MR) is 134 cm³/mol. The minimum Gasteiger partial charge on any atom is -0.448 e. The Morgan fingerprint density at radius 3 is 2.64 bits per heavy atom. The number of nitrogens with one attached hydrogen (secondary N) is 1. The number of anilines is 1.